The Balaban J connectivity index is 1.85. The number of benzene rings is 1. The molecule has 6 nitrogen and oxygen atoms in total. The van der Waals surface area contributed by atoms with Gasteiger partial charge < -0.3 is 14.8 Å². The Bertz CT molecular complexity index is 919. The van der Waals surface area contributed by atoms with E-state index in [0.717, 1.165) is 24.2 Å². The summed E-state index contributed by atoms with van der Waals surface area (Å²) in [5.41, 5.74) is 5.24. The molecular weight excluding hydrogens is 314 g/mol. The molecule has 25 heavy (non-hydrogen) atoms. The van der Waals surface area contributed by atoms with E-state index in [9.17, 15) is 4.79 Å². The number of anilines is 1. The lowest BCUT2D eigenvalue weighted by molar-refractivity contribution is 0.102. The van der Waals surface area contributed by atoms with Gasteiger partial charge in [0.1, 0.15) is 0 Å². The molecule has 0 fully saturated rings. The Labute approximate surface area is 147 Å². The van der Waals surface area contributed by atoms with E-state index < -0.39 is 0 Å². The van der Waals surface area contributed by atoms with Crippen LogP contribution in [0.1, 0.15) is 34.2 Å². The van der Waals surface area contributed by atoms with Crippen molar-refractivity contribution in [2.45, 2.75) is 33.9 Å². The van der Waals surface area contributed by atoms with Crippen LogP contribution >= 0.6 is 0 Å². The zero-order chi connectivity index (χ0) is 18.1. The molecule has 0 radical (unpaired) electrons. The molecule has 3 aromatic rings. The summed E-state index contributed by atoms with van der Waals surface area (Å²) >= 11 is 0. The van der Waals surface area contributed by atoms with Crippen LogP contribution in [0.2, 0.25) is 0 Å². The fraction of sp³-hybridized carbons (Fsp3) is 0.368. The summed E-state index contributed by atoms with van der Waals surface area (Å²) in [4.78, 5) is 14.6. The molecule has 0 bridgehead atoms. The highest BCUT2D eigenvalue weighted by Crippen LogP contribution is 2.26. The third-order valence-electron chi connectivity index (χ3n) is 4.58. The Hall–Kier alpha value is -2.60. The second-order valence-corrected chi connectivity index (χ2v) is 6.66. The van der Waals surface area contributed by atoms with E-state index in [-0.39, 0.29) is 5.91 Å². The molecule has 0 spiro atoms. The monoisotopic (exact) mass is 339 g/mol. The molecule has 0 aliphatic rings. The number of nitrogens with zero attached hydrogens (tertiary/aromatic N) is 3. The predicted octanol–water partition coefficient (Wildman–Crippen LogP) is 3.32. The number of aromatic nitrogens is 3. The van der Waals surface area contributed by atoms with E-state index in [0.29, 0.717) is 11.4 Å². The molecule has 0 saturated heterocycles. The van der Waals surface area contributed by atoms with Crippen molar-refractivity contribution in [2.75, 3.05) is 19.4 Å². The van der Waals surface area contributed by atoms with Crippen LogP contribution in [0.5, 0.6) is 0 Å². The minimum absolute atomic E-state index is 0.147. The number of nitrogens with one attached hydrogen (secondary N) is 2. The van der Waals surface area contributed by atoms with Crippen molar-refractivity contribution in [3.05, 3.63) is 46.8 Å². The molecule has 0 atom stereocenters. The molecule has 6 heteroatoms. The Morgan fingerprint density at radius 1 is 1.28 bits per heavy atom. The van der Waals surface area contributed by atoms with Gasteiger partial charge in [-0.3, -0.25) is 9.89 Å². The average molecular weight is 339 g/mol. The summed E-state index contributed by atoms with van der Waals surface area (Å²) in [6.45, 7) is 8.03. The zero-order valence-electron chi connectivity index (χ0n) is 15.5. The van der Waals surface area contributed by atoms with Crippen molar-refractivity contribution >= 4 is 22.6 Å². The van der Waals surface area contributed by atoms with Gasteiger partial charge in [-0.2, -0.15) is 5.10 Å². The van der Waals surface area contributed by atoms with E-state index in [4.69, 9.17) is 0 Å². The maximum Gasteiger partial charge on any atom is 0.256 e. The van der Waals surface area contributed by atoms with Crippen molar-refractivity contribution < 1.29 is 4.79 Å². The highest BCUT2D eigenvalue weighted by Gasteiger charge is 2.14. The average Bonchev–Trinajstić information content (AvgIpc) is 3.09. The normalized spacial score (nSPS) is 11.4. The van der Waals surface area contributed by atoms with Gasteiger partial charge in [0.25, 0.3) is 5.91 Å². The van der Waals surface area contributed by atoms with Crippen molar-refractivity contribution in [3.63, 3.8) is 0 Å². The number of hydrogen-bond acceptors (Lipinski definition) is 3. The number of aryl methyl sites for hydroxylation is 2. The second kappa shape index (κ2) is 6.72. The van der Waals surface area contributed by atoms with E-state index in [1.807, 2.05) is 43.3 Å². The molecule has 2 heterocycles. The van der Waals surface area contributed by atoms with Crippen LogP contribution in [-0.4, -0.2) is 39.7 Å². The first-order valence-electron chi connectivity index (χ1n) is 8.50. The van der Waals surface area contributed by atoms with E-state index >= 15 is 0 Å². The van der Waals surface area contributed by atoms with Gasteiger partial charge >= 0.3 is 0 Å². The van der Waals surface area contributed by atoms with Gasteiger partial charge in [0.2, 0.25) is 0 Å². The quantitative estimate of drug-likeness (QED) is 0.749. The van der Waals surface area contributed by atoms with Crippen LogP contribution in [0, 0.1) is 13.8 Å². The molecule has 1 amide bonds. The predicted molar refractivity (Wildman–Crippen MR) is 101 cm³/mol. The molecule has 0 aliphatic heterocycles. The highest BCUT2D eigenvalue weighted by atomic mass is 16.1. The van der Waals surface area contributed by atoms with Gasteiger partial charge in [0.05, 0.1) is 5.69 Å². The summed E-state index contributed by atoms with van der Waals surface area (Å²) in [5, 5.41) is 11.1. The number of hydrogen-bond donors (Lipinski definition) is 2. The lowest BCUT2D eigenvalue weighted by Crippen LogP contribution is -2.12. The van der Waals surface area contributed by atoms with Crippen molar-refractivity contribution in [1.29, 1.82) is 0 Å². The summed E-state index contributed by atoms with van der Waals surface area (Å²) in [7, 11) is 3.97. The van der Waals surface area contributed by atoms with Crippen molar-refractivity contribution in [2.24, 2.45) is 0 Å². The zero-order valence-corrected chi connectivity index (χ0v) is 15.5. The molecule has 0 saturated carbocycles. The maximum atomic E-state index is 12.6. The summed E-state index contributed by atoms with van der Waals surface area (Å²) in [6, 6.07) is 7.72. The molecule has 2 N–H and O–H groups in total. The van der Waals surface area contributed by atoms with Gasteiger partial charge in [-0.15, -0.1) is 0 Å². The van der Waals surface area contributed by atoms with Gasteiger partial charge in [-0.25, -0.2) is 0 Å². The van der Waals surface area contributed by atoms with E-state index in [1.54, 1.807) is 0 Å². The first-order valence-corrected chi connectivity index (χ1v) is 8.50. The third-order valence-corrected chi connectivity index (χ3v) is 4.58. The van der Waals surface area contributed by atoms with Crippen molar-refractivity contribution in [3.8, 4) is 0 Å². The van der Waals surface area contributed by atoms with Crippen LogP contribution in [0.25, 0.3) is 10.9 Å². The van der Waals surface area contributed by atoms with Gasteiger partial charge in [-0.1, -0.05) is 0 Å². The SMILES string of the molecule is CCn1c(C)c(C)c2cc(C(=O)Nc3cc(CN(C)C)[nH]n3)ccc21. The molecule has 2 aromatic heterocycles. The smallest absolute Gasteiger partial charge is 0.256 e. The highest BCUT2D eigenvalue weighted by molar-refractivity contribution is 6.06. The van der Waals surface area contributed by atoms with E-state index in [1.165, 1.54) is 16.8 Å². The number of amides is 1. The molecule has 132 valence electrons. The fourth-order valence-electron chi connectivity index (χ4n) is 3.23. The minimum atomic E-state index is -0.147. The lowest BCUT2D eigenvalue weighted by atomic mass is 10.1. The molecule has 0 aliphatic carbocycles. The van der Waals surface area contributed by atoms with Crippen LogP contribution in [0.3, 0.4) is 0 Å². The fourth-order valence-corrected chi connectivity index (χ4v) is 3.23. The number of carbonyl (C=O) groups excluding carboxylic acids is 1. The topological polar surface area (TPSA) is 66.0 Å². The first-order chi connectivity index (χ1) is 11.9. The first kappa shape index (κ1) is 17.2. The number of H-pyrrole nitrogens is 1. The maximum absolute atomic E-state index is 12.6. The lowest BCUT2D eigenvalue weighted by Gasteiger charge is -2.06. The van der Waals surface area contributed by atoms with E-state index in [2.05, 4.69) is 40.9 Å². The summed E-state index contributed by atoms with van der Waals surface area (Å²) in [5.74, 6) is 0.395. The van der Waals surface area contributed by atoms with Gasteiger partial charge in [0, 0.05) is 41.3 Å². The van der Waals surface area contributed by atoms with Crippen LogP contribution < -0.4 is 5.32 Å². The number of fused-ring (bicyclic) bond motifs is 1. The van der Waals surface area contributed by atoms with Gasteiger partial charge in [0.15, 0.2) is 5.82 Å². The number of carbonyl (C=O) groups is 1. The number of rotatable bonds is 5. The Kier molecular flexibility index (Phi) is 4.63. The Morgan fingerprint density at radius 3 is 2.72 bits per heavy atom. The molecule has 0 unspecified atom stereocenters. The standard InChI is InChI=1S/C19H25N5O/c1-6-24-13(3)12(2)16-9-14(7-8-17(16)24)19(25)20-18-10-15(21-22-18)11-23(4)5/h7-10H,6,11H2,1-5H3,(H2,20,21,22,25). The molecular formula is C19H25N5O. The van der Waals surface area contributed by atoms with Crippen LogP contribution in [-0.2, 0) is 13.1 Å². The number of aromatic amines is 1. The van der Waals surface area contributed by atoms with Gasteiger partial charge in [-0.05, 0) is 58.6 Å². The minimum Gasteiger partial charge on any atom is -0.345 e. The molecule has 3 rings (SSSR count). The Morgan fingerprint density at radius 2 is 2.04 bits per heavy atom. The summed E-state index contributed by atoms with van der Waals surface area (Å²) in [6.07, 6.45) is 0. The van der Waals surface area contributed by atoms with Crippen LogP contribution in [0.15, 0.2) is 24.3 Å². The third kappa shape index (κ3) is 3.30. The van der Waals surface area contributed by atoms with Crippen molar-refractivity contribution in [1.82, 2.24) is 19.7 Å². The largest absolute Gasteiger partial charge is 0.345 e. The summed E-state index contributed by atoms with van der Waals surface area (Å²) < 4.78 is 2.27. The molecule has 1 aromatic carbocycles. The van der Waals surface area contributed by atoms with Crippen LogP contribution in [0.4, 0.5) is 5.82 Å². The second-order valence-electron chi connectivity index (χ2n) is 6.66.